The second-order valence-corrected chi connectivity index (χ2v) is 8.80. The number of amides is 2. The highest BCUT2D eigenvalue weighted by Crippen LogP contribution is 2.24. The van der Waals surface area contributed by atoms with Crippen LogP contribution in [0.1, 0.15) is 67.6 Å². The average Bonchev–Trinajstić information content (AvgIpc) is 2.88. The van der Waals surface area contributed by atoms with Gasteiger partial charge in [0.25, 0.3) is 11.8 Å². The fourth-order valence-electron chi connectivity index (χ4n) is 4.05. The number of carbonyl (C=O) groups is 4. The first-order valence-corrected chi connectivity index (χ1v) is 11.7. The molecule has 3 unspecified atom stereocenters. The number of aliphatic hydroxyl groups is 2. The normalized spacial score (nSPS) is 13.8. The minimum absolute atomic E-state index is 0.0626. The van der Waals surface area contributed by atoms with Gasteiger partial charge in [-0.25, -0.2) is 0 Å². The van der Waals surface area contributed by atoms with Crippen molar-refractivity contribution in [2.75, 3.05) is 13.1 Å². The average molecular weight is 499 g/mol. The van der Waals surface area contributed by atoms with E-state index in [-0.39, 0.29) is 48.2 Å². The number of nitrogens with two attached hydrogens (primary N) is 2. The Morgan fingerprint density at radius 2 is 1.31 bits per heavy atom. The van der Waals surface area contributed by atoms with E-state index in [1.54, 1.807) is 24.3 Å². The van der Waals surface area contributed by atoms with Crippen LogP contribution in [0, 0.1) is 5.92 Å². The zero-order valence-electron chi connectivity index (χ0n) is 20.2. The van der Waals surface area contributed by atoms with Crippen LogP contribution in [0.25, 0.3) is 0 Å². The fraction of sp³-hybridized carbons (Fsp3) is 0.385. The van der Waals surface area contributed by atoms with E-state index in [1.807, 2.05) is 6.92 Å². The molecule has 2 rings (SSSR count). The number of carbonyl (C=O) groups excluding carboxylic acids is 4. The summed E-state index contributed by atoms with van der Waals surface area (Å²) in [6, 6.07) is 12.6. The van der Waals surface area contributed by atoms with Crippen molar-refractivity contribution in [2.45, 2.75) is 44.1 Å². The minimum atomic E-state index is -1.37. The van der Waals surface area contributed by atoms with Crippen LogP contribution in [0.4, 0.5) is 0 Å². The second kappa shape index (κ2) is 13.6. The number of hydrogen-bond acceptors (Lipinski definition) is 8. The van der Waals surface area contributed by atoms with E-state index in [9.17, 15) is 29.4 Å². The number of hydrogen-bond donors (Lipinski definition) is 6. The monoisotopic (exact) mass is 498 g/mol. The molecule has 0 bridgehead atoms. The van der Waals surface area contributed by atoms with Gasteiger partial charge in [0, 0.05) is 41.8 Å². The number of benzene rings is 2. The van der Waals surface area contributed by atoms with Crippen LogP contribution < -0.4 is 22.1 Å². The lowest BCUT2D eigenvalue weighted by atomic mass is 9.82. The second-order valence-electron chi connectivity index (χ2n) is 8.80. The van der Waals surface area contributed by atoms with Gasteiger partial charge >= 0.3 is 0 Å². The molecule has 2 aromatic carbocycles. The highest BCUT2D eigenvalue weighted by atomic mass is 16.3. The van der Waals surface area contributed by atoms with Gasteiger partial charge in [-0.05, 0) is 24.5 Å². The lowest BCUT2D eigenvalue weighted by molar-refractivity contribution is 0.0677. The van der Waals surface area contributed by atoms with Crippen molar-refractivity contribution >= 4 is 24.4 Å². The van der Waals surface area contributed by atoms with Crippen LogP contribution >= 0.6 is 0 Å². The molecule has 0 aliphatic rings. The number of aliphatic hydroxyl groups excluding tert-OH is 2. The van der Waals surface area contributed by atoms with Crippen LogP contribution in [0.15, 0.2) is 48.5 Å². The molecular formula is C26H34N4O6. The zero-order chi connectivity index (χ0) is 26.7. The Hall–Kier alpha value is -3.44. The van der Waals surface area contributed by atoms with Gasteiger partial charge < -0.3 is 32.3 Å². The summed E-state index contributed by atoms with van der Waals surface area (Å²) in [6.07, 6.45) is -0.278. The Morgan fingerprint density at radius 1 is 0.861 bits per heavy atom. The van der Waals surface area contributed by atoms with Crippen molar-refractivity contribution in [1.82, 2.24) is 10.6 Å². The van der Waals surface area contributed by atoms with Gasteiger partial charge in [0.2, 0.25) is 0 Å². The molecular weight excluding hydrogens is 464 g/mol. The highest BCUT2D eigenvalue weighted by Gasteiger charge is 2.33. The van der Waals surface area contributed by atoms with Crippen LogP contribution in [0.2, 0.25) is 0 Å². The van der Waals surface area contributed by atoms with Crippen molar-refractivity contribution in [1.29, 1.82) is 0 Å². The first-order chi connectivity index (χ1) is 17.1. The molecule has 8 N–H and O–H groups in total. The number of aldehydes is 2. The molecule has 2 aromatic rings. The van der Waals surface area contributed by atoms with Crippen LogP contribution in [-0.2, 0) is 0 Å². The molecule has 0 saturated carbocycles. The van der Waals surface area contributed by atoms with Crippen molar-refractivity contribution in [3.8, 4) is 0 Å². The van der Waals surface area contributed by atoms with Crippen LogP contribution in [0.5, 0.6) is 0 Å². The predicted molar refractivity (Wildman–Crippen MR) is 134 cm³/mol. The molecule has 0 fully saturated rings. The SMILES string of the molecule is CCC(CC(O)CNC(=O)c1ccccc1C=O)C(N)(N)CC(O)CNC(=O)c1ccccc1C=O. The molecule has 3 atom stereocenters. The Balaban J connectivity index is 1.88. The summed E-state index contributed by atoms with van der Waals surface area (Å²) >= 11 is 0. The van der Waals surface area contributed by atoms with Gasteiger partial charge in [0.05, 0.1) is 17.9 Å². The summed E-state index contributed by atoms with van der Waals surface area (Å²) in [7, 11) is 0. The molecule has 10 nitrogen and oxygen atoms in total. The molecule has 0 heterocycles. The Bertz CT molecular complexity index is 1060. The van der Waals surface area contributed by atoms with E-state index < -0.39 is 35.6 Å². The zero-order valence-corrected chi connectivity index (χ0v) is 20.2. The maximum absolute atomic E-state index is 12.4. The molecule has 10 heteroatoms. The standard InChI is InChI=1S/C26H34N4O6/c1-2-19(11-20(33)13-29-24(35)22-9-5-3-7-17(22)15-31)26(27,28)12-21(34)14-30-25(36)23-10-6-4-8-18(23)16-32/h3-10,15-16,19-21,33-34H,2,11-14,27-28H2,1H3,(H,29,35)(H,30,36). The highest BCUT2D eigenvalue weighted by molar-refractivity contribution is 6.02. The van der Waals surface area contributed by atoms with Crippen molar-refractivity contribution in [3.05, 3.63) is 70.8 Å². The van der Waals surface area contributed by atoms with Crippen LogP contribution in [-0.4, -0.2) is 65.6 Å². The van der Waals surface area contributed by atoms with E-state index in [1.165, 1.54) is 24.3 Å². The van der Waals surface area contributed by atoms with Crippen molar-refractivity contribution < 1.29 is 29.4 Å². The smallest absolute Gasteiger partial charge is 0.252 e. The molecule has 0 spiro atoms. The molecule has 36 heavy (non-hydrogen) atoms. The minimum Gasteiger partial charge on any atom is -0.391 e. The molecule has 0 aliphatic carbocycles. The Morgan fingerprint density at radius 3 is 1.75 bits per heavy atom. The van der Waals surface area contributed by atoms with Gasteiger partial charge in [-0.1, -0.05) is 49.7 Å². The maximum Gasteiger partial charge on any atom is 0.252 e. The first-order valence-electron chi connectivity index (χ1n) is 11.7. The van der Waals surface area contributed by atoms with E-state index in [0.29, 0.717) is 19.0 Å². The Labute approximate surface area is 210 Å². The van der Waals surface area contributed by atoms with E-state index >= 15 is 0 Å². The van der Waals surface area contributed by atoms with Gasteiger partial charge in [0.1, 0.15) is 0 Å². The summed E-state index contributed by atoms with van der Waals surface area (Å²) in [4.78, 5) is 47.0. The lowest BCUT2D eigenvalue weighted by Crippen LogP contribution is -2.59. The third-order valence-electron chi connectivity index (χ3n) is 6.06. The predicted octanol–water partition coefficient (Wildman–Crippen LogP) is 0.613. The molecule has 2 amide bonds. The largest absolute Gasteiger partial charge is 0.391 e. The third kappa shape index (κ3) is 8.06. The van der Waals surface area contributed by atoms with E-state index in [0.717, 1.165) is 0 Å². The number of rotatable bonds is 14. The fourth-order valence-corrected chi connectivity index (χ4v) is 4.05. The summed E-state index contributed by atoms with van der Waals surface area (Å²) in [5.74, 6) is -1.41. The van der Waals surface area contributed by atoms with Gasteiger partial charge in [-0.2, -0.15) is 0 Å². The van der Waals surface area contributed by atoms with Crippen molar-refractivity contribution in [3.63, 3.8) is 0 Å². The molecule has 0 radical (unpaired) electrons. The summed E-state index contributed by atoms with van der Waals surface area (Å²) < 4.78 is 0. The molecule has 0 saturated heterocycles. The first kappa shape index (κ1) is 28.8. The Kier molecular flexibility index (Phi) is 10.9. The van der Waals surface area contributed by atoms with Crippen LogP contribution in [0.3, 0.4) is 0 Å². The quantitative estimate of drug-likeness (QED) is 0.162. The lowest BCUT2D eigenvalue weighted by Gasteiger charge is -2.36. The summed E-state index contributed by atoms with van der Waals surface area (Å²) in [6.45, 7) is 1.63. The summed E-state index contributed by atoms with van der Waals surface area (Å²) in [5, 5.41) is 26.1. The molecule has 0 aliphatic heterocycles. The number of nitrogens with one attached hydrogen (secondary N) is 2. The maximum atomic E-state index is 12.4. The van der Waals surface area contributed by atoms with E-state index in [4.69, 9.17) is 11.5 Å². The van der Waals surface area contributed by atoms with Gasteiger partial charge in [0.15, 0.2) is 12.6 Å². The van der Waals surface area contributed by atoms with E-state index in [2.05, 4.69) is 10.6 Å². The topological polar surface area (TPSA) is 185 Å². The third-order valence-corrected chi connectivity index (χ3v) is 6.06. The van der Waals surface area contributed by atoms with Gasteiger partial charge in [-0.15, -0.1) is 0 Å². The van der Waals surface area contributed by atoms with Gasteiger partial charge in [-0.3, -0.25) is 19.2 Å². The molecule has 194 valence electrons. The van der Waals surface area contributed by atoms with Crippen molar-refractivity contribution in [2.24, 2.45) is 17.4 Å². The molecule has 0 aromatic heterocycles. The summed E-state index contributed by atoms with van der Waals surface area (Å²) in [5.41, 5.74) is 12.1.